The van der Waals surface area contributed by atoms with Crippen molar-refractivity contribution in [3.8, 4) is 23.1 Å². The van der Waals surface area contributed by atoms with Crippen LogP contribution in [-0.4, -0.2) is 39.6 Å². The fourth-order valence-electron chi connectivity index (χ4n) is 3.98. The van der Waals surface area contributed by atoms with Gasteiger partial charge in [0, 0.05) is 18.3 Å². The molecule has 3 aromatic rings. The molecule has 33 heavy (non-hydrogen) atoms. The van der Waals surface area contributed by atoms with Crippen molar-refractivity contribution < 1.29 is 22.7 Å². The van der Waals surface area contributed by atoms with Crippen molar-refractivity contribution in [3.63, 3.8) is 0 Å². The molecule has 1 aliphatic rings. The van der Waals surface area contributed by atoms with Crippen LogP contribution in [0.2, 0.25) is 0 Å². The molecule has 3 heterocycles. The van der Waals surface area contributed by atoms with Gasteiger partial charge in [0.2, 0.25) is 5.65 Å². The lowest BCUT2D eigenvalue weighted by atomic mass is 9.99. The highest BCUT2D eigenvalue weighted by molar-refractivity contribution is 5.83. The summed E-state index contributed by atoms with van der Waals surface area (Å²) in [4.78, 5) is 11.0. The van der Waals surface area contributed by atoms with Gasteiger partial charge in [0.25, 0.3) is 0 Å². The minimum absolute atomic E-state index is 0.0999. The lowest BCUT2D eigenvalue weighted by Crippen LogP contribution is -2.31. The number of rotatable bonds is 4. The van der Waals surface area contributed by atoms with Crippen LogP contribution in [0.25, 0.3) is 22.5 Å². The Balaban J connectivity index is 1.70. The molecule has 0 saturated carbocycles. The van der Waals surface area contributed by atoms with E-state index >= 15 is 0 Å². The highest BCUT2D eigenvalue weighted by atomic mass is 19.4. The van der Waals surface area contributed by atoms with Crippen molar-refractivity contribution >= 4 is 17.2 Å². The number of nitrogens with one attached hydrogen (secondary N) is 1. The van der Waals surface area contributed by atoms with Crippen molar-refractivity contribution in [1.82, 2.24) is 14.9 Å². The molecule has 4 rings (SSSR count). The van der Waals surface area contributed by atoms with Crippen LogP contribution in [0.5, 0.6) is 5.75 Å². The molecular formula is C23H22F3N5O2. The van der Waals surface area contributed by atoms with Gasteiger partial charge in [-0.15, -0.1) is 0 Å². The summed E-state index contributed by atoms with van der Waals surface area (Å²) < 4.78 is 44.8. The standard InChI is InChI=1S/C23H22F3N5O2/c1-3-31-6-4-5-14(12-31)11-28-22-30-21-20(33-22)15(10-27)8-17(29-21)19-13(2)7-16(9-18(19)32)23(24,25)26/h7-9,11,32H,3-6,12H2,1-2H3,(H,28,29,30). The largest absolute Gasteiger partial charge is 0.507 e. The summed E-state index contributed by atoms with van der Waals surface area (Å²) in [5.41, 5.74) is 1.01. The number of nitrogens with zero attached hydrogens (tertiary/aromatic N) is 4. The Kier molecular flexibility index (Phi) is 5.99. The smallest absolute Gasteiger partial charge is 0.416 e. The molecule has 0 unspecified atom stereocenters. The number of anilines is 1. The third-order valence-corrected chi connectivity index (χ3v) is 5.63. The zero-order valence-corrected chi connectivity index (χ0v) is 18.1. The van der Waals surface area contributed by atoms with Gasteiger partial charge >= 0.3 is 12.2 Å². The summed E-state index contributed by atoms with van der Waals surface area (Å²) >= 11 is 0. The number of likely N-dealkylation sites (N-methyl/N-ethyl adjacent to an activating group) is 1. The number of benzene rings is 1. The van der Waals surface area contributed by atoms with Gasteiger partial charge in [-0.1, -0.05) is 6.92 Å². The molecule has 10 heteroatoms. The summed E-state index contributed by atoms with van der Waals surface area (Å²) in [5.74, 6) is -0.581. The molecule has 1 aromatic carbocycles. The number of fused-ring (bicyclic) bond motifs is 1. The molecule has 0 atom stereocenters. The van der Waals surface area contributed by atoms with Gasteiger partial charge in [-0.25, -0.2) is 4.98 Å². The lowest BCUT2D eigenvalue weighted by molar-refractivity contribution is -0.137. The van der Waals surface area contributed by atoms with Crippen LogP contribution < -0.4 is 5.32 Å². The van der Waals surface area contributed by atoms with Gasteiger partial charge < -0.3 is 14.8 Å². The molecule has 1 aliphatic heterocycles. The highest BCUT2D eigenvalue weighted by Gasteiger charge is 2.32. The third kappa shape index (κ3) is 4.64. The van der Waals surface area contributed by atoms with Crippen LogP contribution in [0.15, 0.2) is 34.4 Å². The number of nitriles is 1. The van der Waals surface area contributed by atoms with Gasteiger partial charge in [-0.3, -0.25) is 4.90 Å². The summed E-state index contributed by atoms with van der Waals surface area (Å²) in [5, 5.41) is 22.9. The first-order chi connectivity index (χ1) is 15.7. The lowest BCUT2D eigenvalue weighted by Gasteiger charge is -2.27. The van der Waals surface area contributed by atoms with Crippen molar-refractivity contribution in [2.24, 2.45) is 0 Å². The van der Waals surface area contributed by atoms with E-state index < -0.39 is 17.5 Å². The number of alkyl halides is 3. The second kappa shape index (κ2) is 8.75. The minimum atomic E-state index is -4.59. The van der Waals surface area contributed by atoms with Crippen LogP contribution >= 0.6 is 0 Å². The Morgan fingerprint density at radius 1 is 1.30 bits per heavy atom. The van der Waals surface area contributed by atoms with Gasteiger partial charge in [0.15, 0.2) is 5.58 Å². The van der Waals surface area contributed by atoms with Crippen LogP contribution in [0.1, 0.15) is 36.5 Å². The number of pyridine rings is 1. The van der Waals surface area contributed by atoms with Gasteiger partial charge in [-0.05, 0) is 62.2 Å². The van der Waals surface area contributed by atoms with Gasteiger partial charge in [0.05, 0.1) is 11.3 Å². The zero-order valence-electron chi connectivity index (χ0n) is 18.1. The number of hydrogen-bond acceptors (Lipinski definition) is 7. The number of halogens is 3. The first-order valence-corrected chi connectivity index (χ1v) is 10.5. The molecule has 1 saturated heterocycles. The number of aromatic nitrogens is 2. The van der Waals surface area contributed by atoms with E-state index in [1.807, 2.05) is 12.3 Å². The van der Waals surface area contributed by atoms with Crippen molar-refractivity contribution in [2.75, 3.05) is 25.0 Å². The van der Waals surface area contributed by atoms with Crippen molar-refractivity contribution in [3.05, 3.63) is 46.7 Å². The fraction of sp³-hybridized carbons (Fsp3) is 0.348. The number of aryl methyl sites for hydroxylation is 1. The van der Waals surface area contributed by atoms with E-state index in [2.05, 4.69) is 27.1 Å². The van der Waals surface area contributed by atoms with Crippen LogP contribution in [-0.2, 0) is 6.18 Å². The normalized spacial score (nSPS) is 16.3. The van der Waals surface area contributed by atoms with Crippen molar-refractivity contribution in [2.45, 2.75) is 32.9 Å². The molecule has 0 bridgehead atoms. The molecule has 0 radical (unpaired) electrons. The number of phenols is 1. The molecule has 1 fully saturated rings. The fourth-order valence-corrected chi connectivity index (χ4v) is 3.98. The molecule has 2 aromatic heterocycles. The average Bonchev–Trinajstić information content (AvgIpc) is 3.19. The van der Waals surface area contributed by atoms with Gasteiger partial charge in [0.1, 0.15) is 17.4 Å². The number of likely N-dealkylation sites (tertiary alicyclic amines) is 1. The van der Waals surface area contributed by atoms with Crippen LogP contribution in [0.4, 0.5) is 19.2 Å². The number of phenolic OH excluding ortho intramolecular Hbond substituents is 1. The van der Waals surface area contributed by atoms with Crippen LogP contribution in [0.3, 0.4) is 0 Å². The maximum Gasteiger partial charge on any atom is 0.416 e. The molecule has 0 aliphatic carbocycles. The number of aromatic hydroxyl groups is 1. The average molecular weight is 457 g/mol. The van der Waals surface area contributed by atoms with E-state index in [9.17, 15) is 23.5 Å². The predicted octanol–water partition coefficient (Wildman–Crippen LogP) is 5.21. The number of hydrogen-bond donors (Lipinski definition) is 2. The second-order valence-electron chi connectivity index (χ2n) is 7.94. The van der Waals surface area contributed by atoms with Gasteiger partial charge in [-0.2, -0.15) is 23.4 Å². The summed E-state index contributed by atoms with van der Waals surface area (Å²) in [7, 11) is 0. The summed E-state index contributed by atoms with van der Waals surface area (Å²) in [6.45, 7) is 6.43. The Hall–Kier alpha value is -3.58. The van der Waals surface area contributed by atoms with Crippen molar-refractivity contribution in [1.29, 1.82) is 5.26 Å². The molecule has 2 N–H and O–H groups in total. The first-order valence-electron chi connectivity index (χ1n) is 10.5. The molecule has 7 nitrogen and oxygen atoms in total. The SMILES string of the molecule is CCN1CCCC(=CNc2nc3nc(-c4c(C)cc(C(F)(F)F)cc4O)cc(C#N)c3o2)C1. The Bertz CT molecular complexity index is 1250. The monoisotopic (exact) mass is 457 g/mol. The van der Waals surface area contributed by atoms with E-state index in [4.69, 9.17) is 4.42 Å². The second-order valence-corrected chi connectivity index (χ2v) is 7.94. The van der Waals surface area contributed by atoms with E-state index in [-0.39, 0.29) is 39.6 Å². The van der Waals surface area contributed by atoms with Crippen LogP contribution in [0, 0.1) is 18.3 Å². The molecule has 0 amide bonds. The Morgan fingerprint density at radius 2 is 2.09 bits per heavy atom. The maximum absolute atomic E-state index is 13.1. The topological polar surface area (TPSA) is 98.2 Å². The van der Waals surface area contributed by atoms with E-state index in [0.717, 1.165) is 38.5 Å². The summed E-state index contributed by atoms with van der Waals surface area (Å²) in [6, 6.07) is 5.10. The third-order valence-electron chi connectivity index (χ3n) is 5.63. The minimum Gasteiger partial charge on any atom is -0.507 e. The molecule has 172 valence electrons. The number of piperidine rings is 1. The molecule has 0 spiro atoms. The Labute approximate surface area is 188 Å². The predicted molar refractivity (Wildman–Crippen MR) is 116 cm³/mol. The quantitative estimate of drug-likeness (QED) is 0.555. The number of oxazole rings is 1. The zero-order chi connectivity index (χ0) is 23.8. The first kappa shape index (κ1) is 22.6. The Morgan fingerprint density at radius 3 is 2.76 bits per heavy atom. The summed E-state index contributed by atoms with van der Waals surface area (Å²) in [6.07, 6.45) is -0.731. The highest BCUT2D eigenvalue weighted by Crippen LogP contribution is 2.39. The van der Waals surface area contributed by atoms with E-state index in [0.29, 0.717) is 6.07 Å². The molecular weight excluding hydrogens is 435 g/mol. The van der Waals surface area contributed by atoms with E-state index in [1.54, 1.807) is 0 Å². The maximum atomic E-state index is 13.1. The van der Waals surface area contributed by atoms with E-state index in [1.165, 1.54) is 18.6 Å².